The molecule has 112 valence electrons. The number of aromatic nitrogens is 1. The monoisotopic (exact) mass is 307 g/mol. The number of anilines is 1. The van der Waals surface area contributed by atoms with Crippen molar-refractivity contribution in [1.82, 2.24) is 4.98 Å². The predicted molar refractivity (Wildman–Crippen MR) is 82.6 cm³/mol. The van der Waals surface area contributed by atoms with Gasteiger partial charge in [-0.15, -0.1) is 11.3 Å². The van der Waals surface area contributed by atoms with Gasteiger partial charge in [-0.1, -0.05) is 0 Å². The molecule has 0 aliphatic heterocycles. The van der Waals surface area contributed by atoms with E-state index in [0.717, 1.165) is 5.56 Å². The number of aliphatic hydroxyl groups is 1. The minimum atomic E-state index is -0.706. The summed E-state index contributed by atoms with van der Waals surface area (Å²) in [5, 5.41) is 21.5. The Labute approximate surface area is 126 Å². The molecule has 1 atom stereocenters. The molecule has 0 fully saturated rings. The van der Waals surface area contributed by atoms with Crippen molar-refractivity contribution in [1.29, 1.82) is 0 Å². The maximum atomic E-state index is 11.2. The van der Waals surface area contributed by atoms with Crippen LogP contribution in [0, 0.1) is 10.1 Å². The lowest BCUT2D eigenvalue weighted by Gasteiger charge is -2.20. The molecule has 2 rings (SSSR count). The van der Waals surface area contributed by atoms with Crippen LogP contribution < -0.4 is 4.90 Å². The highest BCUT2D eigenvalue weighted by Crippen LogP contribution is 2.40. The third-order valence-corrected chi connectivity index (χ3v) is 4.47. The SMILES string of the molecule is CCN(Cc1ccncc1)c1sc([C@@H](C)O)cc1[N+](=O)[O-]. The normalized spacial score (nSPS) is 12.1. The molecule has 0 unspecified atom stereocenters. The fraction of sp³-hybridized carbons (Fsp3) is 0.357. The molecule has 2 heterocycles. The number of aliphatic hydroxyl groups excluding tert-OH is 1. The largest absolute Gasteiger partial charge is 0.388 e. The minimum Gasteiger partial charge on any atom is -0.388 e. The van der Waals surface area contributed by atoms with E-state index < -0.39 is 11.0 Å². The van der Waals surface area contributed by atoms with Crippen LogP contribution in [0.3, 0.4) is 0 Å². The van der Waals surface area contributed by atoms with Gasteiger partial charge in [-0.25, -0.2) is 0 Å². The van der Waals surface area contributed by atoms with Crippen LogP contribution in [0.25, 0.3) is 0 Å². The van der Waals surface area contributed by atoms with Gasteiger partial charge in [0.15, 0.2) is 5.00 Å². The van der Waals surface area contributed by atoms with Crippen molar-refractivity contribution in [2.75, 3.05) is 11.4 Å². The molecule has 1 N–H and O–H groups in total. The van der Waals surface area contributed by atoms with Gasteiger partial charge in [0.25, 0.3) is 0 Å². The van der Waals surface area contributed by atoms with Crippen LogP contribution in [0.1, 0.15) is 30.4 Å². The molecule has 0 aromatic carbocycles. The molecule has 2 aromatic heterocycles. The summed E-state index contributed by atoms with van der Waals surface area (Å²) in [5.41, 5.74) is 1.08. The van der Waals surface area contributed by atoms with E-state index in [2.05, 4.69) is 4.98 Å². The van der Waals surface area contributed by atoms with Crippen LogP contribution in [0.15, 0.2) is 30.6 Å². The van der Waals surface area contributed by atoms with E-state index in [1.807, 2.05) is 24.0 Å². The molecule has 6 nitrogen and oxygen atoms in total. The number of pyridine rings is 1. The fourth-order valence-electron chi connectivity index (χ4n) is 1.99. The van der Waals surface area contributed by atoms with E-state index in [9.17, 15) is 15.2 Å². The first kappa shape index (κ1) is 15.4. The summed E-state index contributed by atoms with van der Waals surface area (Å²) in [6.45, 7) is 4.77. The number of hydrogen-bond donors (Lipinski definition) is 1. The lowest BCUT2D eigenvalue weighted by molar-refractivity contribution is -0.383. The van der Waals surface area contributed by atoms with Gasteiger partial charge in [-0.3, -0.25) is 15.1 Å². The Kier molecular flexibility index (Phi) is 4.87. The van der Waals surface area contributed by atoms with E-state index in [4.69, 9.17) is 0 Å². The number of hydrogen-bond acceptors (Lipinski definition) is 6. The molecular weight excluding hydrogens is 290 g/mol. The van der Waals surface area contributed by atoms with Crippen molar-refractivity contribution in [3.05, 3.63) is 51.1 Å². The van der Waals surface area contributed by atoms with E-state index >= 15 is 0 Å². The minimum absolute atomic E-state index is 0.0480. The molecule has 0 saturated heterocycles. The molecule has 0 saturated carbocycles. The molecule has 0 spiro atoms. The zero-order valence-electron chi connectivity index (χ0n) is 11.9. The quantitative estimate of drug-likeness (QED) is 0.655. The molecular formula is C14H17N3O3S. The summed E-state index contributed by atoms with van der Waals surface area (Å²) in [6.07, 6.45) is 2.70. The van der Waals surface area contributed by atoms with E-state index in [0.29, 0.717) is 23.0 Å². The Morgan fingerprint density at radius 2 is 2.14 bits per heavy atom. The number of thiophene rings is 1. The van der Waals surface area contributed by atoms with Crippen LogP contribution in [0.5, 0.6) is 0 Å². The van der Waals surface area contributed by atoms with Crippen LogP contribution in [0.4, 0.5) is 10.7 Å². The summed E-state index contributed by atoms with van der Waals surface area (Å²) >= 11 is 1.27. The zero-order valence-corrected chi connectivity index (χ0v) is 12.7. The lowest BCUT2D eigenvalue weighted by atomic mass is 10.2. The number of nitrogens with zero attached hydrogens (tertiary/aromatic N) is 3. The van der Waals surface area contributed by atoms with Crippen LogP contribution in [-0.4, -0.2) is 21.6 Å². The number of rotatable bonds is 6. The number of nitro groups is 1. The highest BCUT2D eigenvalue weighted by molar-refractivity contribution is 7.16. The van der Waals surface area contributed by atoms with Gasteiger partial charge in [0, 0.05) is 36.4 Å². The average molecular weight is 307 g/mol. The Balaban J connectivity index is 2.35. The summed E-state index contributed by atoms with van der Waals surface area (Å²) in [5.74, 6) is 0. The van der Waals surface area contributed by atoms with Gasteiger partial charge in [-0.2, -0.15) is 0 Å². The molecule has 0 aliphatic rings. The van der Waals surface area contributed by atoms with Crippen molar-refractivity contribution in [3.8, 4) is 0 Å². The first-order valence-electron chi connectivity index (χ1n) is 6.63. The van der Waals surface area contributed by atoms with E-state index in [-0.39, 0.29) is 5.69 Å². The molecule has 0 radical (unpaired) electrons. The Bertz CT molecular complexity index is 613. The van der Waals surface area contributed by atoms with Crippen LogP contribution in [-0.2, 0) is 6.54 Å². The summed E-state index contributed by atoms with van der Waals surface area (Å²) in [6, 6.07) is 5.23. The molecule has 0 amide bonds. The molecule has 7 heteroatoms. The highest BCUT2D eigenvalue weighted by atomic mass is 32.1. The second-order valence-corrected chi connectivity index (χ2v) is 5.70. The first-order valence-corrected chi connectivity index (χ1v) is 7.44. The second-order valence-electron chi connectivity index (χ2n) is 4.64. The van der Waals surface area contributed by atoms with Crippen LogP contribution in [0.2, 0.25) is 0 Å². The Morgan fingerprint density at radius 3 is 2.67 bits per heavy atom. The fourth-order valence-corrected chi connectivity index (χ4v) is 3.11. The molecule has 0 bridgehead atoms. The van der Waals surface area contributed by atoms with E-state index in [1.165, 1.54) is 17.4 Å². The van der Waals surface area contributed by atoms with Crippen molar-refractivity contribution in [3.63, 3.8) is 0 Å². The van der Waals surface area contributed by atoms with Crippen LogP contribution >= 0.6 is 11.3 Å². The molecule has 0 aliphatic carbocycles. The summed E-state index contributed by atoms with van der Waals surface area (Å²) < 4.78 is 0. The maximum Gasteiger partial charge on any atom is 0.304 e. The van der Waals surface area contributed by atoms with Gasteiger partial charge in [0.1, 0.15) is 0 Å². The average Bonchev–Trinajstić information content (AvgIpc) is 2.91. The van der Waals surface area contributed by atoms with Gasteiger partial charge in [0.05, 0.1) is 11.0 Å². The topological polar surface area (TPSA) is 79.5 Å². The Morgan fingerprint density at radius 1 is 1.48 bits per heavy atom. The van der Waals surface area contributed by atoms with Gasteiger partial charge >= 0.3 is 5.69 Å². The zero-order chi connectivity index (χ0) is 15.4. The molecule has 2 aromatic rings. The maximum absolute atomic E-state index is 11.2. The summed E-state index contributed by atoms with van der Waals surface area (Å²) in [4.78, 5) is 17.3. The van der Waals surface area contributed by atoms with E-state index in [1.54, 1.807) is 19.3 Å². The smallest absolute Gasteiger partial charge is 0.304 e. The lowest BCUT2D eigenvalue weighted by Crippen LogP contribution is -2.21. The standard InChI is InChI=1S/C14H17N3O3S/c1-3-16(9-11-4-6-15-7-5-11)14-12(17(19)20)8-13(21-14)10(2)18/h4-8,10,18H,3,9H2,1-2H3/t10-/m1/s1. The van der Waals surface area contributed by atoms with Gasteiger partial charge in [-0.05, 0) is 31.5 Å². The van der Waals surface area contributed by atoms with Gasteiger partial charge < -0.3 is 10.0 Å². The van der Waals surface area contributed by atoms with Crippen molar-refractivity contribution in [2.24, 2.45) is 0 Å². The van der Waals surface area contributed by atoms with Crippen molar-refractivity contribution >= 4 is 22.0 Å². The first-order chi connectivity index (χ1) is 10.0. The van der Waals surface area contributed by atoms with Crippen molar-refractivity contribution in [2.45, 2.75) is 26.5 Å². The second kappa shape index (κ2) is 6.64. The third kappa shape index (κ3) is 3.56. The summed E-state index contributed by atoms with van der Waals surface area (Å²) in [7, 11) is 0. The Hall–Kier alpha value is -1.99. The highest BCUT2D eigenvalue weighted by Gasteiger charge is 2.24. The van der Waals surface area contributed by atoms with Crippen molar-refractivity contribution < 1.29 is 10.0 Å². The third-order valence-electron chi connectivity index (χ3n) is 3.11. The predicted octanol–water partition coefficient (Wildman–Crippen LogP) is 3.13. The van der Waals surface area contributed by atoms with Gasteiger partial charge in [0.2, 0.25) is 0 Å². The molecule has 21 heavy (non-hydrogen) atoms.